The van der Waals surface area contributed by atoms with Crippen molar-refractivity contribution in [2.45, 2.75) is 25.2 Å². The highest BCUT2D eigenvalue weighted by Gasteiger charge is 2.44. The molecule has 2 rings (SSSR count). The Hall–Kier alpha value is -0.380. The Labute approximate surface area is 84.7 Å². The van der Waals surface area contributed by atoms with Gasteiger partial charge in [-0.1, -0.05) is 12.2 Å². The molecule has 14 heavy (non-hydrogen) atoms. The largest absolute Gasteiger partial charge is 0.392 e. The van der Waals surface area contributed by atoms with Gasteiger partial charge in [-0.25, -0.2) is 0 Å². The molecule has 0 aliphatic heterocycles. The van der Waals surface area contributed by atoms with Crippen LogP contribution in [0.15, 0.2) is 12.2 Å². The molecule has 2 aliphatic rings. The van der Waals surface area contributed by atoms with E-state index in [4.69, 9.17) is 9.47 Å². The van der Waals surface area contributed by atoms with E-state index < -0.39 is 0 Å². The maximum Gasteiger partial charge on any atom is 0.157 e. The highest BCUT2D eigenvalue weighted by Crippen LogP contribution is 2.46. The second-order valence-corrected chi connectivity index (χ2v) is 4.24. The number of hydrogen-bond acceptors (Lipinski definition) is 3. The van der Waals surface area contributed by atoms with Crippen molar-refractivity contribution in [3.63, 3.8) is 0 Å². The molecule has 0 radical (unpaired) electrons. The van der Waals surface area contributed by atoms with Gasteiger partial charge in [-0.15, -0.1) is 0 Å². The standard InChI is InChI=1S/C11H18O3/c1-13-11(14-2)6-7-5-10(12)9-4-3-8(7)9/h3-4,7-12H,5-6H2,1-2H3/t7-,8+,9-,10+/m0/s1. The average molecular weight is 198 g/mol. The van der Waals surface area contributed by atoms with Crippen LogP contribution in [0.25, 0.3) is 0 Å². The van der Waals surface area contributed by atoms with Crippen LogP contribution in [0.1, 0.15) is 12.8 Å². The minimum absolute atomic E-state index is 0.125. The number of aliphatic hydroxyl groups excluding tert-OH is 1. The number of ether oxygens (including phenoxy) is 2. The van der Waals surface area contributed by atoms with Gasteiger partial charge in [-0.2, -0.15) is 0 Å². The zero-order chi connectivity index (χ0) is 10.1. The third-order valence-corrected chi connectivity index (χ3v) is 3.55. The Balaban J connectivity index is 1.90. The Morgan fingerprint density at radius 3 is 2.36 bits per heavy atom. The molecule has 80 valence electrons. The summed E-state index contributed by atoms with van der Waals surface area (Å²) >= 11 is 0. The van der Waals surface area contributed by atoms with Crippen molar-refractivity contribution in [3.8, 4) is 0 Å². The first-order chi connectivity index (χ1) is 6.76. The first-order valence-corrected chi connectivity index (χ1v) is 5.18. The molecule has 3 heteroatoms. The maximum absolute atomic E-state index is 9.72. The van der Waals surface area contributed by atoms with E-state index in [1.165, 1.54) is 0 Å². The number of allylic oxidation sites excluding steroid dienone is 1. The lowest BCUT2D eigenvalue weighted by Crippen LogP contribution is -2.25. The molecule has 0 heterocycles. The number of methoxy groups -OCH3 is 2. The molecule has 0 aromatic carbocycles. The molecule has 3 nitrogen and oxygen atoms in total. The van der Waals surface area contributed by atoms with Gasteiger partial charge in [0.15, 0.2) is 6.29 Å². The fourth-order valence-electron chi connectivity index (χ4n) is 2.64. The molecule has 0 bridgehead atoms. The van der Waals surface area contributed by atoms with Crippen molar-refractivity contribution in [3.05, 3.63) is 12.2 Å². The van der Waals surface area contributed by atoms with Gasteiger partial charge >= 0.3 is 0 Å². The van der Waals surface area contributed by atoms with Crippen LogP contribution < -0.4 is 0 Å². The van der Waals surface area contributed by atoms with E-state index >= 15 is 0 Å². The Morgan fingerprint density at radius 2 is 1.93 bits per heavy atom. The topological polar surface area (TPSA) is 38.7 Å². The van der Waals surface area contributed by atoms with E-state index in [2.05, 4.69) is 12.2 Å². The Morgan fingerprint density at radius 1 is 1.29 bits per heavy atom. The van der Waals surface area contributed by atoms with Crippen LogP contribution in [0.4, 0.5) is 0 Å². The van der Waals surface area contributed by atoms with Crippen molar-refractivity contribution in [1.82, 2.24) is 0 Å². The minimum Gasteiger partial charge on any atom is -0.392 e. The van der Waals surface area contributed by atoms with Crippen molar-refractivity contribution in [2.24, 2.45) is 17.8 Å². The van der Waals surface area contributed by atoms with Crippen LogP contribution in [0.2, 0.25) is 0 Å². The van der Waals surface area contributed by atoms with Crippen LogP contribution in [0.5, 0.6) is 0 Å². The summed E-state index contributed by atoms with van der Waals surface area (Å²) in [5.41, 5.74) is 0. The SMILES string of the molecule is COC(C[C@@H]1C[C@@H](O)[C@H]2C=C[C@H]12)OC. The van der Waals surface area contributed by atoms with E-state index in [9.17, 15) is 5.11 Å². The summed E-state index contributed by atoms with van der Waals surface area (Å²) in [6, 6.07) is 0. The molecule has 1 N–H and O–H groups in total. The monoisotopic (exact) mass is 198 g/mol. The fourth-order valence-corrected chi connectivity index (χ4v) is 2.64. The summed E-state index contributed by atoms with van der Waals surface area (Å²) in [4.78, 5) is 0. The van der Waals surface area contributed by atoms with E-state index in [-0.39, 0.29) is 12.4 Å². The predicted octanol–water partition coefficient (Wildman–Crippen LogP) is 1.18. The van der Waals surface area contributed by atoms with Crippen LogP contribution in [0.3, 0.4) is 0 Å². The summed E-state index contributed by atoms with van der Waals surface area (Å²) < 4.78 is 10.4. The highest BCUT2D eigenvalue weighted by molar-refractivity contribution is 5.17. The van der Waals surface area contributed by atoms with Gasteiger partial charge in [0.05, 0.1) is 6.10 Å². The predicted molar refractivity (Wildman–Crippen MR) is 52.7 cm³/mol. The van der Waals surface area contributed by atoms with Gasteiger partial charge in [0.2, 0.25) is 0 Å². The molecule has 2 aliphatic carbocycles. The summed E-state index contributed by atoms with van der Waals surface area (Å²) in [6.45, 7) is 0. The molecule has 1 saturated carbocycles. The Bertz CT molecular complexity index is 223. The molecule has 0 aromatic heterocycles. The minimum atomic E-state index is -0.149. The second-order valence-electron chi connectivity index (χ2n) is 4.24. The van der Waals surface area contributed by atoms with E-state index in [1.54, 1.807) is 14.2 Å². The van der Waals surface area contributed by atoms with Crippen molar-refractivity contribution in [1.29, 1.82) is 0 Å². The van der Waals surface area contributed by atoms with Gasteiger partial charge in [-0.05, 0) is 18.3 Å². The summed E-state index contributed by atoms with van der Waals surface area (Å²) in [6.07, 6.45) is 5.81. The van der Waals surface area contributed by atoms with Crippen LogP contribution in [-0.4, -0.2) is 31.7 Å². The van der Waals surface area contributed by atoms with Crippen molar-refractivity contribution < 1.29 is 14.6 Å². The van der Waals surface area contributed by atoms with Gasteiger partial charge in [0.25, 0.3) is 0 Å². The van der Waals surface area contributed by atoms with E-state index in [1.807, 2.05) is 0 Å². The Kier molecular flexibility index (Phi) is 2.91. The molecular weight excluding hydrogens is 180 g/mol. The lowest BCUT2D eigenvalue weighted by Gasteiger charge is -2.28. The zero-order valence-corrected chi connectivity index (χ0v) is 8.72. The van der Waals surface area contributed by atoms with E-state index in [0.29, 0.717) is 17.8 Å². The quantitative estimate of drug-likeness (QED) is 0.544. The maximum atomic E-state index is 9.72. The van der Waals surface area contributed by atoms with E-state index in [0.717, 1.165) is 12.8 Å². The number of hydrogen-bond donors (Lipinski definition) is 1. The molecule has 1 fully saturated rings. The molecule has 0 saturated heterocycles. The summed E-state index contributed by atoms with van der Waals surface area (Å²) in [5, 5.41) is 9.72. The van der Waals surface area contributed by atoms with Gasteiger partial charge in [0.1, 0.15) is 0 Å². The number of fused-ring (bicyclic) bond motifs is 1. The molecule has 4 atom stereocenters. The molecule has 0 amide bonds. The summed E-state index contributed by atoms with van der Waals surface area (Å²) in [7, 11) is 3.32. The molecule has 0 spiro atoms. The highest BCUT2D eigenvalue weighted by atomic mass is 16.7. The third-order valence-electron chi connectivity index (χ3n) is 3.55. The van der Waals surface area contributed by atoms with Gasteiger partial charge in [-0.3, -0.25) is 0 Å². The first-order valence-electron chi connectivity index (χ1n) is 5.18. The fraction of sp³-hybridized carbons (Fsp3) is 0.818. The average Bonchev–Trinajstić information content (AvgIpc) is 2.31. The molecule has 0 aromatic rings. The first kappa shape index (κ1) is 10.1. The lowest BCUT2D eigenvalue weighted by atomic mass is 9.79. The van der Waals surface area contributed by atoms with Crippen LogP contribution in [0, 0.1) is 17.8 Å². The number of rotatable bonds is 4. The smallest absolute Gasteiger partial charge is 0.157 e. The molecule has 0 unspecified atom stereocenters. The van der Waals surface area contributed by atoms with Crippen LogP contribution >= 0.6 is 0 Å². The zero-order valence-electron chi connectivity index (χ0n) is 8.72. The summed E-state index contributed by atoms with van der Waals surface area (Å²) in [5.74, 6) is 1.47. The molecular formula is C11H18O3. The third kappa shape index (κ3) is 1.60. The van der Waals surface area contributed by atoms with Crippen LogP contribution in [-0.2, 0) is 9.47 Å². The van der Waals surface area contributed by atoms with Crippen molar-refractivity contribution in [2.75, 3.05) is 14.2 Å². The lowest BCUT2D eigenvalue weighted by molar-refractivity contribution is -0.115. The number of aliphatic hydroxyl groups is 1. The van der Waals surface area contributed by atoms with Gasteiger partial charge in [0, 0.05) is 26.6 Å². The van der Waals surface area contributed by atoms with Crippen molar-refractivity contribution >= 4 is 0 Å². The normalized spacial score (nSPS) is 40.0. The second kappa shape index (κ2) is 4.01. The van der Waals surface area contributed by atoms with Gasteiger partial charge < -0.3 is 14.6 Å².